The van der Waals surface area contributed by atoms with Crippen LogP contribution in [0.1, 0.15) is 13.8 Å². The van der Waals surface area contributed by atoms with Gasteiger partial charge in [-0.25, -0.2) is 0 Å². The smallest absolute Gasteiger partial charge is 0.878 e. The van der Waals surface area contributed by atoms with Crippen LogP contribution in [0.4, 0.5) is 0 Å². The second-order valence-electron chi connectivity index (χ2n) is 3.31. The maximum absolute atomic E-state index is 10.1. The molecule has 13 heavy (non-hydrogen) atoms. The Morgan fingerprint density at radius 1 is 1.46 bits per heavy atom. The average molecular weight is 210 g/mol. The third-order valence-corrected chi connectivity index (χ3v) is 1.53. The van der Waals surface area contributed by atoms with Crippen molar-refractivity contribution in [3.8, 4) is 0 Å². The summed E-state index contributed by atoms with van der Waals surface area (Å²) >= 11 is 0. The van der Waals surface area contributed by atoms with Gasteiger partial charge in [0.1, 0.15) is 0 Å². The molecule has 0 saturated heterocycles. The van der Waals surface area contributed by atoms with Crippen molar-refractivity contribution in [2.45, 2.75) is 13.8 Å². The molecule has 0 rings (SSSR count). The maximum Gasteiger partial charge on any atom is 1.00 e. The molecule has 0 aliphatic carbocycles. The Labute approximate surface area is 124 Å². The summed E-state index contributed by atoms with van der Waals surface area (Å²) in [4.78, 5) is 2.18. The zero-order valence-corrected chi connectivity index (χ0v) is 12.1. The topological polar surface area (TPSA) is 52.3 Å². The Balaban J connectivity index is 0. The molecular weight excluding hydrogens is 191 g/mol. The zero-order valence-electron chi connectivity index (χ0n) is 8.99. The minimum absolute atomic E-state index is 0. The average Bonchev–Trinajstić information content (AvgIpc) is 2.00. The normalized spacial score (nSPS) is 11.2. The number of hydrogen-bond acceptors (Lipinski definition) is 3. The van der Waals surface area contributed by atoms with E-state index < -0.39 is 0 Å². The number of rotatable bonds is 6. The van der Waals surface area contributed by atoms with Crippen LogP contribution in [0.15, 0.2) is 12.3 Å². The fourth-order valence-corrected chi connectivity index (χ4v) is 1.15. The molecule has 0 saturated carbocycles. The first kappa shape index (κ1) is 16.5. The molecule has 0 amide bonds. The van der Waals surface area contributed by atoms with Gasteiger partial charge in [0, 0.05) is 26.2 Å². The van der Waals surface area contributed by atoms with E-state index in [2.05, 4.69) is 18.7 Å². The Kier molecular flexibility index (Phi) is 14.2. The Hall–Kier alpha value is 1.10. The van der Waals surface area contributed by atoms with Gasteiger partial charge in [-0.2, -0.15) is 6.26 Å². The quantitative estimate of drug-likeness (QED) is 0.371. The van der Waals surface area contributed by atoms with E-state index in [-0.39, 0.29) is 51.4 Å². The largest absolute Gasteiger partial charge is 1.00 e. The third-order valence-electron chi connectivity index (χ3n) is 1.53. The van der Waals surface area contributed by atoms with Crippen LogP contribution in [-0.4, -0.2) is 31.1 Å². The molecule has 0 atom stereocenters. The Morgan fingerprint density at radius 2 is 2.08 bits per heavy atom. The van der Waals surface area contributed by atoms with Crippen molar-refractivity contribution in [2.24, 2.45) is 11.7 Å². The summed E-state index contributed by atoms with van der Waals surface area (Å²) in [6.45, 7) is 7.55. The van der Waals surface area contributed by atoms with Crippen molar-refractivity contribution in [2.75, 3.05) is 26.2 Å². The van der Waals surface area contributed by atoms with Gasteiger partial charge in [0.2, 0.25) is 0 Å². The minimum Gasteiger partial charge on any atom is -0.878 e. The molecule has 0 heterocycles. The van der Waals surface area contributed by atoms with Crippen molar-refractivity contribution in [1.82, 2.24) is 4.90 Å². The second kappa shape index (κ2) is 11.2. The van der Waals surface area contributed by atoms with E-state index in [4.69, 9.17) is 5.73 Å². The van der Waals surface area contributed by atoms with Crippen LogP contribution in [0, 0.1) is 5.92 Å². The molecule has 0 radical (unpaired) electrons. The minimum atomic E-state index is 0. The SMILES string of the molecule is CC(C)CN(C/C=C/[O-])CCN.[K+]. The molecule has 72 valence electrons. The van der Waals surface area contributed by atoms with Crippen LogP contribution in [0.2, 0.25) is 0 Å². The van der Waals surface area contributed by atoms with Gasteiger partial charge in [-0.15, -0.1) is 0 Å². The van der Waals surface area contributed by atoms with Gasteiger partial charge in [-0.3, -0.25) is 4.90 Å². The molecule has 0 aromatic rings. The van der Waals surface area contributed by atoms with Crippen molar-refractivity contribution < 1.29 is 56.5 Å². The molecule has 0 spiro atoms. The molecule has 4 heteroatoms. The van der Waals surface area contributed by atoms with Gasteiger partial charge in [0.15, 0.2) is 0 Å². The van der Waals surface area contributed by atoms with E-state index in [0.717, 1.165) is 25.9 Å². The van der Waals surface area contributed by atoms with Gasteiger partial charge < -0.3 is 10.8 Å². The summed E-state index contributed by atoms with van der Waals surface area (Å²) in [5.41, 5.74) is 5.43. The summed E-state index contributed by atoms with van der Waals surface area (Å²) in [7, 11) is 0. The first-order chi connectivity index (χ1) is 5.70. The predicted octanol–water partition coefficient (Wildman–Crippen LogP) is -3.22. The molecule has 0 aliphatic heterocycles. The predicted molar refractivity (Wildman–Crippen MR) is 49.5 cm³/mol. The number of nitrogens with two attached hydrogens (primary N) is 1. The van der Waals surface area contributed by atoms with Gasteiger partial charge in [0.05, 0.1) is 0 Å². The third kappa shape index (κ3) is 11.0. The van der Waals surface area contributed by atoms with Gasteiger partial charge in [-0.1, -0.05) is 19.9 Å². The Bertz CT molecular complexity index is 129. The molecule has 2 N–H and O–H groups in total. The standard InChI is InChI=1S/C9H20N2O.K/c1-9(2)8-11(6-4-10)5-3-7-12;/h3,7,9,12H,4-6,8,10H2,1-2H3;/q;+1/p-1/b7-3+;. The fraction of sp³-hybridized carbons (Fsp3) is 0.778. The van der Waals surface area contributed by atoms with Crippen molar-refractivity contribution in [3.05, 3.63) is 12.3 Å². The van der Waals surface area contributed by atoms with Crippen LogP contribution in [0.25, 0.3) is 0 Å². The van der Waals surface area contributed by atoms with Gasteiger partial charge in [0.25, 0.3) is 0 Å². The number of hydrogen-bond donors (Lipinski definition) is 1. The summed E-state index contributed by atoms with van der Waals surface area (Å²) < 4.78 is 0. The number of nitrogens with zero attached hydrogens (tertiary/aromatic N) is 1. The van der Waals surface area contributed by atoms with Crippen LogP contribution >= 0.6 is 0 Å². The molecule has 0 aromatic heterocycles. The van der Waals surface area contributed by atoms with Crippen LogP contribution in [-0.2, 0) is 0 Å². The monoisotopic (exact) mass is 210 g/mol. The van der Waals surface area contributed by atoms with E-state index in [9.17, 15) is 5.11 Å². The van der Waals surface area contributed by atoms with Crippen molar-refractivity contribution in [3.63, 3.8) is 0 Å². The molecule has 0 fully saturated rings. The fourth-order valence-electron chi connectivity index (χ4n) is 1.15. The van der Waals surface area contributed by atoms with Crippen molar-refractivity contribution in [1.29, 1.82) is 0 Å². The molecular formula is C9H19KN2O. The molecule has 0 bridgehead atoms. The first-order valence-electron chi connectivity index (χ1n) is 4.40. The van der Waals surface area contributed by atoms with Gasteiger partial charge >= 0.3 is 51.4 Å². The van der Waals surface area contributed by atoms with Crippen LogP contribution in [0.3, 0.4) is 0 Å². The molecule has 3 nitrogen and oxygen atoms in total. The maximum atomic E-state index is 10.1. The summed E-state index contributed by atoms with van der Waals surface area (Å²) in [5, 5.41) is 10.1. The summed E-state index contributed by atoms with van der Waals surface area (Å²) in [6.07, 6.45) is 2.46. The van der Waals surface area contributed by atoms with E-state index in [1.807, 2.05) is 0 Å². The van der Waals surface area contributed by atoms with E-state index >= 15 is 0 Å². The molecule has 0 unspecified atom stereocenters. The zero-order chi connectivity index (χ0) is 9.40. The van der Waals surface area contributed by atoms with E-state index in [1.54, 1.807) is 6.08 Å². The van der Waals surface area contributed by atoms with E-state index in [1.165, 1.54) is 0 Å². The molecule has 0 aliphatic rings. The van der Waals surface area contributed by atoms with Crippen LogP contribution in [0.5, 0.6) is 0 Å². The van der Waals surface area contributed by atoms with Crippen LogP contribution < -0.4 is 62.2 Å². The van der Waals surface area contributed by atoms with Gasteiger partial charge in [-0.05, 0) is 5.92 Å². The Morgan fingerprint density at radius 3 is 2.46 bits per heavy atom. The second-order valence-corrected chi connectivity index (χ2v) is 3.31. The summed E-state index contributed by atoms with van der Waals surface area (Å²) in [6, 6.07) is 0. The first-order valence-corrected chi connectivity index (χ1v) is 4.40. The van der Waals surface area contributed by atoms with Crippen molar-refractivity contribution >= 4 is 0 Å². The summed E-state index contributed by atoms with van der Waals surface area (Å²) in [5.74, 6) is 0.622. The molecule has 0 aromatic carbocycles. The van der Waals surface area contributed by atoms with E-state index in [0.29, 0.717) is 12.5 Å².